The van der Waals surface area contributed by atoms with Crippen LogP contribution in [-0.4, -0.2) is 0 Å². The van der Waals surface area contributed by atoms with E-state index in [1.165, 1.54) is 60.8 Å². The molecule has 0 saturated heterocycles. The van der Waals surface area contributed by atoms with Gasteiger partial charge in [-0.2, -0.15) is 0 Å². The first-order valence-corrected chi connectivity index (χ1v) is 19.5. The van der Waals surface area contributed by atoms with Crippen molar-refractivity contribution >= 4 is 10.8 Å². The van der Waals surface area contributed by atoms with Gasteiger partial charge in [0.25, 0.3) is 0 Å². The zero-order valence-corrected chi connectivity index (χ0v) is 31.1. The van der Waals surface area contributed by atoms with Gasteiger partial charge in [-0.05, 0) is 91.0 Å². The average Bonchev–Trinajstić information content (AvgIpc) is 3.59. The molecule has 11 rings (SSSR count). The van der Waals surface area contributed by atoms with Crippen molar-refractivity contribution in [1.29, 1.82) is 0 Å². The molecule has 264 valence electrons. The van der Waals surface area contributed by atoms with Gasteiger partial charge in [-0.25, -0.2) is 0 Å². The average molecular weight is 715 g/mol. The number of rotatable bonds is 5. The summed E-state index contributed by atoms with van der Waals surface area (Å²) in [6.07, 6.45) is 0. The molecule has 1 aliphatic carbocycles. The highest BCUT2D eigenvalue weighted by atomic mass is 16.5. The van der Waals surface area contributed by atoms with Crippen molar-refractivity contribution in [2.24, 2.45) is 0 Å². The van der Waals surface area contributed by atoms with E-state index in [1.54, 1.807) is 0 Å². The first kappa shape index (κ1) is 32.5. The lowest BCUT2D eigenvalue weighted by atomic mass is 9.62. The van der Waals surface area contributed by atoms with Crippen molar-refractivity contribution in [1.82, 2.24) is 0 Å². The largest absolute Gasteiger partial charge is 0.457 e. The molecule has 1 nitrogen and oxygen atoms in total. The number of hydrogen-bond acceptors (Lipinski definition) is 1. The van der Waals surface area contributed by atoms with Gasteiger partial charge >= 0.3 is 0 Å². The number of benzene rings is 9. The van der Waals surface area contributed by atoms with Gasteiger partial charge in [0, 0.05) is 11.1 Å². The molecule has 56 heavy (non-hydrogen) atoms. The molecule has 1 atom stereocenters. The molecule has 1 aliphatic heterocycles. The third-order valence-electron chi connectivity index (χ3n) is 12.4. The lowest BCUT2D eigenvalue weighted by Gasteiger charge is -2.42. The maximum absolute atomic E-state index is 6.85. The molecule has 9 aromatic carbocycles. The van der Waals surface area contributed by atoms with Gasteiger partial charge in [-0.15, -0.1) is 0 Å². The van der Waals surface area contributed by atoms with Crippen molar-refractivity contribution in [3.63, 3.8) is 0 Å². The SMILES string of the molecule is Cc1cccc2c1-c1ccc3ccccc3c1C2(c1ccccc1)c1ccc(-c2cccc3c2C(c2ccccc2)(c2ccccc2)c2ccccc2O3)cc1. The molecule has 0 bridgehead atoms. The molecule has 0 saturated carbocycles. The Morgan fingerprint density at radius 3 is 1.59 bits per heavy atom. The first-order chi connectivity index (χ1) is 27.7. The van der Waals surface area contributed by atoms with Crippen LogP contribution in [0.15, 0.2) is 212 Å². The van der Waals surface area contributed by atoms with E-state index in [2.05, 4.69) is 219 Å². The van der Waals surface area contributed by atoms with Crippen LogP contribution in [0.3, 0.4) is 0 Å². The fraction of sp³-hybridized carbons (Fsp3) is 0.0545. The van der Waals surface area contributed by atoms with E-state index in [4.69, 9.17) is 4.74 Å². The third kappa shape index (κ3) is 4.43. The second-order valence-corrected chi connectivity index (χ2v) is 15.2. The monoisotopic (exact) mass is 714 g/mol. The maximum Gasteiger partial charge on any atom is 0.132 e. The van der Waals surface area contributed by atoms with Gasteiger partial charge in [-0.3, -0.25) is 0 Å². The van der Waals surface area contributed by atoms with E-state index in [9.17, 15) is 0 Å². The predicted molar refractivity (Wildman–Crippen MR) is 230 cm³/mol. The molecule has 9 aromatic rings. The summed E-state index contributed by atoms with van der Waals surface area (Å²) in [5, 5.41) is 2.54. The van der Waals surface area contributed by atoms with Gasteiger partial charge in [0.2, 0.25) is 0 Å². The van der Waals surface area contributed by atoms with Crippen LogP contribution < -0.4 is 4.74 Å². The number of hydrogen-bond donors (Lipinski definition) is 0. The van der Waals surface area contributed by atoms with Crippen LogP contribution in [0.2, 0.25) is 0 Å². The van der Waals surface area contributed by atoms with E-state index >= 15 is 0 Å². The Hall–Kier alpha value is -6.96. The number of ether oxygens (including phenoxy) is 1. The maximum atomic E-state index is 6.85. The van der Waals surface area contributed by atoms with Crippen LogP contribution in [0.1, 0.15) is 50.1 Å². The summed E-state index contributed by atoms with van der Waals surface area (Å²) in [5.41, 5.74) is 15.0. The lowest BCUT2D eigenvalue weighted by molar-refractivity contribution is 0.435. The molecule has 1 unspecified atom stereocenters. The molecule has 0 aromatic heterocycles. The fourth-order valence-electron chi connectivity index (χ4n) is 10.2. The molecule has 1 heteroatoms. The smallest absolute Gasteiger partial charge is 0.132 e. The molecule has 0 fully saturated rings. The molecule has 0 amide bonds. The Labute approximate surface area is 328 Å². The Kier molecular flexibility index (Phi) is 7.28. The van der Waals surface area contributed by atoms with E-state index in [0.29, 0.717) is 0 Å². The standard InChI is InChI=1S/C55H38O/c1-37-17-15-28-48-51(37)46-36-33-38-18-11-12-25-44(38)52(46)55(48,42-23-9-4-10-24-42)43-34-31-39(32-35-43)45-26-16-30-50-53(45)54(40-19-5-2-6-20-40,41-21-7-3-8-22-41)47-27-13-14-29-49(47)56-50/h2-36H,1H3. The summed E-state index contributed by atoms with van der Waals surface area (Å²) in [7, 11) is 0. The minimum atomic E-state index is -0.618. The molecular weight excluding hydrogens is 677 g/mol. The predicted octanol–water partition coefficient (Wildman–Crippen LogP) is 13.7. The molecule has 0 N–H and O–H groups in total. The summed E-state index contributed by atoms with van der Waals surface area (Å²) in [4.78, 5) is 0. The van der Waals surface area contributed by atoms with Crippen LogP contribution in [0.5, 0.6) is 11.5 Å². The van der Waals surface area contributed by atoms with Crippen LogP contribution in [0, 0.1) is 6.92 Å². The normalized spacial score (nSPS) is 15.9. The minimum absolute atomic E-state index is 0.520. The summed E-state index contributed by atoms with van der Waals surface area (Å²) in [6.45, 7) is 2.26. The highest BCUT2D eigenvalue weighted by Crippen LogP contribution is 2.60. The second-order valence-electron chi connectivity index (χ2n) is 15.2. The molecular formula is C55H38O. The Bertz CT molecular complexity index is 2890. The number of para-hydroxylation sites is 1. The van der Waals surface area contributed by atoms with Crippen LogP contribution in [0.4, 0.5) is 0 Å². The highest BCUT2D eigenvalue weighted by Gasteiger charge is 2.49. The Balaban J connectivity index is 1.19. The minimum Gasteiger partial charge on any atom is -0.457 e. The summed E-state index contributed by atoms with van der Waals surface area (Å²) < 4.78 is 6.85. The summed E-state index contributed by atoms with van der Waals surface area (Å²) in [6, 6.07) is 77.9. The summed E-state index contributed by atoms with van der Waals surface area (Å²) in [5.74, 6) is 1.76. The van der Waals surface area contributed by atoms with Gasteiger partial charge in [-0.1, -0.05) is 200 Å². The number of fused-ring (bicyclic) bond motifs is 7. The van der Waals surface area contributed by atoms with Crippen molar-refractivity contribution < 1.29 is 4.74 Å². The van der Waals surface area contributed by atoms with E-state index in [1.807, 2.05) is 0 Å². The lowest BCUT2D eigenvalue weighted by Crippen LogP contribution is -2.34. The van der Waals surface area contributed by atoms with Gasteiger partial charge in [0.05, 0.1) is 10.8 Å². The van der Waals surface area contributed by atoms with Crippen molar-refractivity contribution in [3.8, 4) is 33.8 Å². The zero-order valence-electron chi connectivity index (χ0n) is 31.1. The number of aryl methyl sites for hydroxylation is 1. The zero-order chi connectivity index (χ0) is 37.3. The van der Waals surface area contributed by atoms with Crippen LogP contribution in [0.25, 0.3) is 33.0 Å². The van der Waals surface area contributed by atoms with Crippen LogP contribution in [-0.2, 0) is 10.8 Å². The van der Waals surface area contributed by atoms with Crippen molar-refractivity contribution in [3.05, 3.63) is 262 Å². The quantitative estimate of drug-likeness (QED) is 0.172. The summed E-state index contributed by atoms with van der Waals surface area (Å²) >= 11 is 0. The molecule has 0 spiro atoms. The topological polar surface area (TPSA) is 9.23 Å². The first-order valence-electron chi connectivity index (χ1n) is 19.5. The van der Waals surface area contributed by atoms with Gasteiger partial charge in [0.1, 0.15) is 11.5 Å². The van der Waals surface area contributed by atoms with Gasteiger partial charge < -0.3 is 4.74 Å². The molecule has 2 aliphatic rings. The Morgan fingerprint density at radius 2 is 0.893 bits per heavy atom. The fourth-order valence-corrected chi connectivity index (χ4v) is 10.2. The van der Waals surface area contributed by atoms with E-state index < -0.39 is 10.8 Å². The van der Waals surface area contributed by atoms with E-state index in [0.717, 1.165) is 33.8 Å². The second kappa shape index (κ2) is 12.5. The van der Waals surface area contributed by atoms with Crippen molar-refractivity contribution in [2.45, 2.75) is 17.8 Å². The van der Waals surface area contributed by atoms with Crippen molar-refractivity contribution in [2.75, 3.05) is 0 Å². The van der Waals surface area contributed by atoms with Crippen LogP contribution >= 0.6 is 0 Å². The van der Waals surface area contributed by atoms with Gasteiger partial charge in [0.15, 0.2) is 0 Å². The molecule has 0 radical (unpaired) electrons. The highest BCUT2D eigenvalue weighted by molar-refractivity contribution is 6.01. The third-order valence-corrected chi connectivity index (χ3v) is 12.4. The van der Waals surface area contributed by atoms with E-state index in [-0.39, 0.29) is 0 Å². The Morgan fingerprint density at radius 1 is 0.357 bits per heavy atom. The molecule has 1 heterocycles.